The van der Waals surface area contributed by atoms with Crippen molar-refractivity contribution in [2.24, 2.45) is 5.92 Å². The Hall–Kier alpha value is -0.370. The van der Waals surface area contributed by atoms with E-state index in [1.165, 1.54) is 0 Å². The normalized spacial score (nSPS) is 13.5. The zero-order valence-corrected chi connectivity index (χ0v) is 7.89. The molecule has 0 unspecified atom stereocenters. The molecule has 0 aromatic heterocycles. The third-order valence-corrected chi connectivity index (χ3v) is 1.63. The van der Waals surface area contributed by atoms with Gasteiger partial charge in [-0.1, -0.05) is 20.8 Å². The molecule has 0 rings (SSSR count). The molecule has 0 saturated heterocycles. The van der Waals surface area contributed by atoms with Gasteiger partial charge in [-0.3, -0.25) is 4.79 Å². The predicted octanol–water partition coefficient (Wildman–Crippen LogP) is 2.03. The molecule has 0 spiro atoms. The Bertz CT molecular complexity index is 119. The van der Waals surface area contributed by atoms with Crippen molar-refractivity contribution < 1.29 is 9.53 Å². The fraction of sp³-hybridized carbons (Fsp3) is 0.889. The van der Waals surface area contributed by atoms with Crippen molar-refractivity contribution in [2.75, 3.05) is 6.61 Å². The molecular formula is C9H18O2. The smallest absolute Gasteiger partial charge is 0.164 e. The molecular weight excluding hydrogens is 140 g/mol. The van der Waals surface area contributed by atoms with E-state index >= 15 is 0 Å². The third-order valence-electron chi connectivity index (χ3n) is 1.63. The first-order chi connectivity index (χ1) is 5.13. The van der Waals surface area contributed by atoms with E-state index in [0.717, 1.165) is 6.42 Å². The molecule has 2 heteroatoms. The van der Waals surface area contributed by atoms with Gasteiger partial charge in [-0.15, -0.1) is 0 Å². The van der Waals surface area contributed by atoms with Gasteiger partial charge in [0, 0.05) is 12.5 Å². The summed E-state index contributed by atoms with van der Waals surface area (Å²) < 4.78 is 5.26. The minimum Gasteiger partial charge on any atom is -0.371 e. The molecule has 0 aliphatic rings. The highest BCUT2D eigenvalue weighted by Gasteiger charge is 2.18. The summed E-state index contributed by atoms with van der Waals surface area (Å²) in [4.78, 5) is 11.3. The topological polar surface area (TPSA) is 26.3 Å². The number of carbonyl (C=O) groups excluding carboxylic acids is 1. The monoisotopic (exact) mass is 158 g/mol. The van der Waals surface area contributed by atoms with E-state index in [4.69, 9.17) is 4.74 Å². The molecule has 66 valence electrons. The number of hydrogen-bond donors (Lipinski definition) is 0. The minimum absolute atomic E-state index is 0.0894. The van der Waals surface area contributed by atoms with Crippen LogP contribution in [0.4, 0.5) is 0 Å². The first-order valence-corrected chi connectivity index (χ1v) is 4.28. The van der Waals surface area contributed by atoms with Crippen LogP contribution in [-0.2, 0) is 9.53 Å². The second-order valence-corrected chi connectivity index (χ2v) is 2.91. The number of rotatable bonds is 5. The maximum absolute atomic E-state index is 11.3. The first kappa shape index (κ1) is 10.6. The van der Waals surface area contributed by atoms with Gasteiger partial charge in [0.25, 0.3) is 0 Å². The van der Waals surface area contributed by atoms with Gasteiger partial charge in [-0.25, -0.2) is 0 Å². The van der Waals surface area contributed by atoms with Gasteiger partial charge in [0.2, 0.25) is 0 Å². The van der Waals surface area contributed by atoms with Crippen molar-refractivity contribution in [3.63, 3.8) is 0 Å². The summed E-state index contributed by atoms with van der Waals surface area (Å²) in [6.07, 6.45) is 0.602. The molecule has 0 aliphatic carbocycles. The quantitative estimate of drug-likeness (QED) is 0.612. The minimum atomic E-state index is -0.181. The molecule has 0 fully saturated rings. The number of carbonyl (C=O) groups is 1. The van der Waals surface area contributed by atoms with E-state index in [-0.39, 0.29) is 17.8 Å². The lowest BCUT2D eigenvalue weighted by Crippen LogP contribution is -2.27. The highest BCUT2D eigenvalue weighted by molar-refractivity contribution is 5.84. The van der Waals surface area contributed by atoms with Gasteiger partial charge in [0.05, 0.1) is 0 Å². The van der Waals surface area contributed by atoms with Crippen LogP contribution in [0.2, 0.25) is 0 Å². The molecule has 0 aromatic rings. The van der Waals surface area contributed by atoms with Crippen LogP contribution in [0.15, 0.2) is 0 Å². The summed E-state index contributed by atoms with van der Waals surface area (Å²) in [5.74, 6) is 0.306. The van der Waals surface area contributed by atoms with Gasteiger partial charge in [0.15, 0.2) is 5.78 Å². The lowest BCUT2D eigenvalue weighted by molar-refractivity contribution is -0.133. The van der Waals surface area contributed by atoms with Crippen LogP contribution in [0.5, 0.6) is 0 Å². The van der Waals surface area contributed by atoms with Crippen molar-refractivity contribution >= 4 is 5.78 Å². The summed E-state index contributed by atoms with van der Waals surface area (Å²) in [6, 6.07) is 0. The molecule has 0 radical (unpaired) electrons. The van der Waals surface area contributed by atoms with Crippen LogP contribution in [0.25, 0.3) is 0 Å². The molecule has 0 saturated carbocycles. The maximum Gasteiger partial charge on any atom is 0.164 e. The summed E-state index contributed by atoms with van der Waals surface area (Å²) in [5, 5.41) is 0. The Morgan fingerprint density at radius 3 is 2.18 bits per heavy atom. The van der Waals surface area contributed by atoms with Crippen molar-refractivity contribution in [1.29, 1.82) is 0 Å². The van der Waals surface area contributed by atoms with Crippen LogP contribution in [0.1, 0.15) is 34.1 Å². The molecule has 0 aromatic carbocycles. The molecule has 0 N–H and O–H groups in total. The summed E-state index contributed by atoms with van der Waals surface area (Å²) in [7, 11) is 0. The third kappa shape index (κ3) is 3.51. The number of ether oxygens (including phenoxy) is 1. The largest absolute Gasteiger partial charge is 0.371 e. The number of Topliss-reactive ketones (excluding diaryl/α,β-unsaturated/α-hetero) is 1. The standard InChI is InChI=1S/C9H18O2/c1-5-8(11-6-2)9(10)7(3)4/h7-8H,5-6H2,1-4H3/t8-/m1/s1. The fourth-order valence-electron chi connectivity index (χ4n) is 0.974. The van der Waals surface area contributed by atoms with Crippen molar-refractivity contribution in [1.82, 2.24) is 0 Å². The zero-order valence-electron chi connectivity index (χ0n) is 7.89. The Balaban J connectivity index is 3.92. The van der Waals surface area contributed by atoms with Gasteiger partial charge in [-0.05, 0) is 13.3 Å². The van der Waals surface area contributed by atoms with Crippen LogP contribution < -0.4 is 0 Å². The van der Waals surface area contributed by atoms with Crippen LogP contribution in [0, 0.1) is 5.92 Å². The van der Waals surface area contributed by atoms with Crippen LogP contribution in [-0.4, -0.2) is 18.5 Å². The van der Waals surface area contributed by atoms with E-state index in [0.29, 0.717) is 6.61 Å². The Kier molecular flexibility index (Phi) is 5.12. The van der Waals surface area contributed by atoms with Gasteiger partial charge in [-0.2, -0.15) is 0 Å². The first-order valence-electron chi connectivity index (χ1n) is 4.28. The van der Waals surface area contributed by atoms with Gasteiger partial charge in [0.1, 0.15) is 6.10 Å². The second kappa shape index (κ2) is 5.30. The predicted molar refractivity (Wildman–Crippen MR) is 45.6 cm³/mol. The number of ketones is 1. The number of hydrogen-bond acceptors (Lipinski definition) is 2. The molecule has 11 heavy (non-hydrogen) atoms. The SMILES string of the molecule is CCO[C@H](CC)C(=O)C(C)C. The van der Waals surface area contributed by atoms with E-state index in [2.05, 4.69) is 0 Å². The van der Waals surface area contributed by atoms with Crippen LogP contribution >= 0.6 is 0 Å². The Morgan fingerprint density at radius 2 is 1.91 bits per heavy atom. The molecule has 0 bridgehead atoms. The maximum atomic E-state index is 11.3. The highest BCUT2D eigenvalue weighted by atomic mass is 16.5. The Labute approximate surface area is 68.9 Å². The fourth-order valence-corrected chi connectivity index (χ4v) is 0.974. The average Bonchev–Trinajstić information content (AvgIpc) is 1.98. The van der Waals surface area contributed by atoms with E-state index < -0.39 is 0 Å². The van der Waals surface area contributed by atoms with Crippen molar-refractivity contribution in [2.45, 2.75) is 40.2 Å². The molecule has 0 aliphatic heterocycles. The Morgan fingerprint density at radius 1 is 1.36 bits per heavy atom. The molecule has 2 nitrogen and oxygen atoms in total. The van der Waals surface area contributed by atoms with Crippen LogP contribution in [0.3, 0.4) is 0 Å². The van der Waals surface area contributed by atoms with Gasteiger partial charge >= 0.3 is 0 Å². The van der Waals surface area contributed by atoms with E-state index in [9.17, 15) is 4.79 Å². The second-order valence-electron chi connectivity index (χ2n) is 2.91. The molecule has 0 heterocycles. The zero-order chi connectivity index (χ0) is 8.85. The van der Waals surface area contributed by atoms with E-state index in [1.54, 1.807) is 0 Å². The van der Waals surface area contributed by atoms with E-state index in [1.807, 2.05) is 27.7 Å². The summed E-state index contributed by atoms with van der Waals surface area (Å²) >= 11 is 0. The molecule has 0 amide bonds. The molecule has 1 atom stereocenters. The summed E-state index contributed by atoms with van der Waals surface area (Å²) in [6.45, 7) is 8.32. The lowest BCUT2D eigenvalue weighted by atomic mass is 10.0. The van der Waals surface area contributed by atoms with Gasteiger partial charge < -0.3 is 4.74 Å². The van der Waals surface area contributed by atoms with Crippen molar-refractivity contribution in [3.05, 3.63) is 0 Å². The summed E-state index contributed by atoms with van der Waals surface area (Å²) in [5.41, 5.74) is 0. The highest BCUT2D eigenvalue weighted by Crippen LogP contribution is 2.06. The van der Waals surface area contributed by atoms with Crippen molar-refractivity contribution in [3.8, 4) is 0 Å². The lowest BCUT2D eigenvalue weighted by Gasteiger charge is -2.15. The average molecular weight is 158 g/mol.